The van der Waals surface area contributed by atoms with E-state index in [4.69, 9.17) is 4.42 Å². The first-order valence-corrected chi connectivity index (χ1v) is 6.64. The molecule has 0 radical (unpaired) electrons. The first kappa shape index (κ1) is 11.9. The summed E-state index contributed by atoms with van der Waals surface area (Å²) < 4.78 is 19.2. The van der Waals surface area contributed by atoms with Crippen LogP contribution >= 0.6 is 15.9 Å². The minimum Gasteiger partial charge on any atom is -0.443 e. The van der Waals surface area contributed by atoms with Crippen molar-refractivity contribution in [2.75, 3.05) is 0 Å². The predicted octanol–water partition coefficient (Wildman–Crippen LogP) is 3.50. The lowest BCUT2D eigenvalue weighted by atomic mass is 10.1. The molecule has 1 heterocycles. The van der Waals surface area contributed by atoms with Gasteiger partial charge in [-0.15, -0.1) is 0 Å². The molecule has 0 saturated heterocycles. The van der Waals surface area contributed by atoms with Gasteiger partial charge in [-0.05, 0) is 47.0 Å². The Morgan fingerprint density at radius 2 is 2.28 bits per heavy atom. The van der Waals surface area contributed by atoms with Crippen molar-refractivity contribution >= 4 is 15.9 Å². The van der Waals surface area contributed by atoms with E-state index < -0.39 is 0 Å². The standard InChI is InChI=1S/C13H12BrFN2O/c14-11-5-8(15)1-4-10(11)13-12(17-7-18-13)6-16-9-2-3-9/h1,4-5,7,9,16H,2-3,6H2. The topological polar surface area (TPSA) is 38.1 Å². The predicted molar refractivity (Wildman–Crippen MR) is 69.5 cm³/mol. The molecule has 1 aliphatic rings. The molecule has 94 valence electrons. The van der Waals surface area contributed by atoms with Gasteiger partial charge in [-0.2, -0.15) is 0 Å². The molecule has 1 aromatic carbocycles. The number of aromatic nitrogens is 1. The third-order valence-electron chi connectivity index (χ3n) is 2.95. The highest BCUT2D eigenvalue weighted by atomic mass is 79.9. The van der Waals surface area contributed by atoms with Gasteiger partial charge in [0.2, 0.25) is 0 Å². The lowest BCUT2D eigenvalue weighted by molar-refractivity contribution is 0.568. The Bertz CT molecular complexity index is 566. The van der Waals surface area contributed by atoms with Crippen LogP contribution < -0.4 is 5.32 Å². The van der Waals surface area contributed by atoms with Crippen LogP contribution in [0.2, 0.25) is 0 Å². The van der Waals surface area contributed by atoms with Crippen LogP contribution in [-0.4, -0.2) is 11.0 Å². The molecule has 3 nitrogen and oxygen atoms in total. The second-order valence-electron chi connectivity index (χ2n) is 4.41. The van der Waals surface area contributed by atoms with Gasteiger partial charge < -0.3 is 9.73 Å². The van der Waals surface area contributed by atoms with Crippen LogP contribution in [0.5, 0.6) is 0 Å². The van der Waals surface area contributed by atoms with Crippen molar-refractivity contribution in [3.8, 4) is 11.3 Å². The molecule has 0 spiro atoms. The maximum atomic E-state index is 13.1. The molecular formula is C13H12BrFN2O. The molecule has 18 heavy (non-hydrogen) atoms. The summed E-state index contributed by atoms with van der Waals surface area (Å²) in [6, 6.07) is 5.16. The van der Waals surface area contributed by atoms with E-state index in [1.807, 2.05) is 0 Å². The van der Waals surface area contributed by atoms with Gasteiger partial charge in [-0.1, -0.05) is 0 Å². The van der Waals surface area contributed by atoms with E-state index in [1.165, 1.54) is 31.4 Å². The highest BCUT2D eigenvalue weighted by molar-refractivity contribution is 9.10. The Hall–Kier alpha value is -1.20. The molecule has 2 aromatic rings. The van der Waals surface area contributed by atoms with Gasteiger partial charge in [0, 0.05) is 22.6 Å². The highest BCUT2D eigenvalue weighted by Gasteiger charge is 2.22. The van der Waals surface area contributed by atoms with Crippen LogP contribution in [0.4, 0.5) is 4.39 Å². The lowest BCUT2D eigenvalue weighted by Crippen LogP contribution is -2.16. The molecule has 3 rings (SSSR count). The molecule has 1 aliphatic carbocycles. The van der Waals surface area contributed by atoms with Crippen LogP contribution in [0.3, 0.4) is 0 Å². The van der Waals surface area contributed by atoms with E-state index >= 15 is 0 Å². The summed E-state index contributed by atoms with van der Waals surface area (Å²) in [6.07, 6.45) is 3.88. The molecule has 1 fully saturated rings. The first-order chi connectivity index (χ1) is 8.74. The smallest absolute Gasteiger partial charge is 0.181 e. The van der Waals surface area contributed by atoms with Crippen LogP contribution in [0.25, 0.3) is 11.3 Å². The van der Waals surface area contributed by atoms with Crippen molar-refractivity contribution in [1.82, 2.24) is 10.3 Å². The second-order valence-corrected chi connectivity index (χ2v) is 5.26. The second kappa shape index (κ2) is 4.82. The number of halogens is 2. The monoisotopic (exact) mass is 310 g/mol. The Morgan fingerprint density at radius 3 is 3.00 bits per heavy atom. The molecule has 0 aliphatic heterocycles. The fourth-order valence-electron chi connectivity index (χ4n) is 1.82. The molecule has 1 saturated carbocycles. The van der Waals surface area contributed by atoms with Crippen molar-refractivity contribution in [3.63, 3.8) is 0 Å². The van der Waals surface area contributed by atoms with Crippen LogP contribution in [0.15, 0.2) is 33.5 Å². The van der Waals surface area contributed by atoms with Gasteiger partial charge in [-0.25, -0.2) is 9.37 Å². The van der Waals surface area contributed by atoms with Crippen LogP contribution in [0.1, 0.15) is 18.5 Å². The molecule has 1 aromatic heterocycles. The minimum atomic E-state index is -0.275. The van der Waals surface area contributed by atoms with Gasteiger partial charge >= 0.3 is 0 Å². The first-order valence-electron chi connectivity index (χ1n) is 5.85. The lowest BCUT2D eigenvalue weighted by Gasteiger charge is -2.04. The zero-order valence-electron chi connectivity index (χ0n) is 9.62. The molecule has 0 atom stereocenters. The summed E-state index contributed by atoms with van der Waals surface area (Å²) >= 11 is 3.35. The summed E-state index contributed by atoms with van der Waals surface area (Å²) in [4.78, 5) is 4.21. The average Bonchev–Trinajstić information content (AvgIpc) is 3.06. The average molecular weight is 311 g/mol. The largest absolute Gasteiger partial charge is 0.443 e. The molecule has 0 unspecified atom stereocenters. The Kier molecular flexibility index (Phi) is 3.18. The summed E-state index contributed by atoms with van der Waals surface area (Å²) in [5.74, 6) is 0.415. The van der Waals surface area contributed by atoms with E-state index in [9.17, 15) is 4.39 Å². The normalized spacial score (nSPS) is 15.0. The van der Waals surface area contributed by atoms with Gasteiger partial charge in [0.15, 0.2) is 12.2 Å². The zero-order valence-corrected chi connectivity index (χ0v) is 11.2. The summed E-state index contributed by atoms with van der Waals surface area (Å²) in [5.41, 5.74) is 1.68. The number of hydrogen-bond donors (Lipinski definition) is 1. The van der Waals surface area contributed by atoms with Gasteiger partial charge in [0.05, 0.1) is 0 Å². The van der Waals surface area contributed by atoms with E-state index in [-0.39, 0.29) is 5.82 Å². The van der Waals surface area contributed by atoms with Crippen molar-refractivity contribution in [3.05, 3.63) is 40.6 Å². The third kappa shape index (κ3) is 2.47. The fraction of sp³-hybridized carbons (Fsp3) is 0.308. The van der Waals surface area contributed by atoms with Crippen molar-refractivity contribution in [1.29, 1.82) is 0 Å². The van der Waals surface area contributed by atoms with Gasteiger partial charge in [-0.3, -0.25) is 0 Å². The number of hydrogen-bond acceptors (Lipinski definition) is 3. The maximum absolute atomic E-state index is 13.1. The number of rotatable bonds is 4. The van der Waals surface area contributed by atoms with E-state index in [1.54, 1.807) is 6.07 Å². The van der Waals surface area contributed by atoms with Crippen LogP contribution in [0, 0.1) is 5.82 Å². The highest BCUT2D eigenvalue weighted by Crippen LogP contribution is 2.31. The Balaban J connectivity index is 1.88. The van der Waals surface area contributed by atoms with Crippen LogP contribution in [-0.2, 0) is 6.54 Å². The quantitative estimate of drug-likeness (QED) is 0.939. The third-order valence-corrected chi connectivity index (χ3v) is 3.61. The number of nitrogens with zero attached hydrogens (tertiary/aromatic N) is 1. The maximum Gasteiger partial charge on any atom is 0.181 e. The molecular weight excluding hydrogens is 299 g/mol. The van der Waals surface area contributed by atoms with Crippen molar-refractivity contribution in [2.24, 2.45) is 0 Å². The minimum absolute atomic E-state index is 0.275. The number of nitrogens with one attached hydrogen (secondary N) is 1. The van der Waals surface area contributed by atoms with Crippen molar-refractivity contribution < 1.29 is 8.81 Å². The summed E-state index contributed by atoms with van der Waals surface area (Å²) in [6.45, 7) is 0.681. The van der Waals surface area contributed by atoms with E-state index in [0.717, 1.165) is 11.3 Å². The number of benzene rings is 1. The molecule has 1 N–H and O–H groups in total. The van der Waals surface area contributed by atoms with E-state index in [0.29, 0.717) is 22.8 Å². The molecule has 0 amide bonds. The summed E-state index contributed by atoms with van der Waals surface area (Å²) in [5, 5.41) is 3.39. The summed E-state index contributed by atoms with van der Waals surface area (Å²) in [7, 11) is 0. The van der Waals surface area contributed by atoms with Gasteiger partial charge in [0.25, 0.3) is 0 Å². The molecule has 5 heteroatoms. The zero-order chi connectivity index (χ0) is 12.5. The molecule has 0 bridgehead atoms. The number of oxazole rings is 1. The van der Waals surface area contributed by atoms with E-state index in [2.05, 4.69) is 26.2 Å². The SMILES string of the molecule is Fc1ccc(-c2ocnc2CNC2CC2)c(Br)c1. The van der Waals surface area contributed by atoms with Crippen molar-refractivity contribution in [2.45, 2.75) is 25.4 Å². The van der Waals surface area contributed by atoms with Gasteiger partial charge in [0.1, 0.15) is 11.5 Å². The Labute approximate surface area is 113 Å². The fourth-order valence-corrected chi connectivity index (χ4v) is 2.35. The Morgan fingerprint density at radius 1 is 1.44 bits per heavy atom.